The van der Waals surface area contributed by atoms with E-state index in [4.69, 9.17) is 0 Å². The smallest absolute Gasteiger partial charge is 0.253 e. The van der Waals surface area contributed by atoms with Gasteiger partial charge in [0.25, 0.3) is 5.78 Å². The molecule has 0 radical (unpaired) electrons. The van der Waals surface area contributed by atoms with Crippen molar-refractivity contribution < 1.29 is 0 Å². The molecule has 0 aliphatic heterocycles. The van der Waals surface area contributed by atoms with Gasteiger partial charge in [-0.1, -0.05) is 11.8 Å². The van der Waals surface area contributed by atoms with E-state index in [-0.39, 0.29) is 0 Å². The molecule has 0 bridgehead atoms. The molecule has 4 rings (SSSR count). The molecule has 0 fully saturated rings. The quantitative estimate of drug-likeness (QED) is 0.534. The number of imidazole rings is 1. The minimum atomic E-state index is 0.637. The average Bonchev–Trinajstić information content (AvgIpc) is 3.08. The number of fused-ring (bicyclic) bond motifs is 2. The summed E-state index contributed by atoms with van der Waals surface area (Å²) >= 11 is 1.55. The number of aryl methyl sites for hydroxylation is 4. The molecule has 0 spiro atoms. The van der Waals surface area contributed by atoms with E-state index in [1.54, 1.807) is 16.3 Å². The zero-order valence-corrected chi connectivity index (χ0v) is 14.8. The lowest BCUT2D eigenvalue weighted by molar-refractivity contribution is 0.843. The number of aromatic nitrogens is 7. The van der Waals surface area contributed by atoms with Crippen molar-refractivity contribution in [2.75, 3.05) is 0 Å². The molecule has 8 heteroatoms. The Kier molecular flexibility index (Phi) is 3.49. The van der Waals surface area contributed by atoms with E-state index in [1.165, 1.54) is 0 Å². The van der Waals surface area contributed by atoms with Gasteiger partial charge < -0.3 is 0 Å². The van der Waals surface area contributed by atoms with Gasteiger partial charge in [0.05, 0.1) is 5.69 Å². The molecule has 0 amide bonds. The summed E-state index contributed by atoms with van der Waals surface area (Å²) in [4.78, 5) is 18.0. The summed E-state index contributed by atoms with van der Waals surface area (Å²) in [7, 11) is 0. The summed E-state index contributed by atoms with van der Waals surface area (Å²) in [6.45, 7) is 8.00. The first-order valence-corrected chi connectivity index (χ1v) is 8.64. The molecule has 0 saturated carbocycles. The number of hydrogen-bond donors (Lipinski definition) is 0. The van der Waals surface area contributed by atoms with Gasteiger partial charge in [0, 0.05) is 34.7 Å². The highest BCUT2D eigenvalue weighted by atomic mass is 32.2. The van der Waals surface area contributed by atoms with Crippen molar-refractivity contribution >= 4 is 23.3 Å². The van der Waals surface area contributed by atoms with Crippen LogP contribution in [0.3, 0.4) is 0 Å². The number of nitrogens with zero attached hydrogens (tertiary/aromatic N) is 7. The monoisotopic (exact) mass is 339 g/mol. The van der Waals surface area contributed by atoms with Crippen LogP contribution >= 0.6 is 11.8 Å². The Morgan fingerprint density at radius 3 is 2.38 bits per heavy atom. The van der Waals surface area contributed by atoms with E-state index < -0.39 is 0 Å². The summed E-state index contributed by atoms with van der Waals surface area (Å²) < 4.78 is 3.78. The maximum atomic E-state index is 4.59. The predicted octanol–water partition coefficient (Wildman–Crippen LogP) is 2.69. The lowest BCUT2D eigenvalue weighted by atomic mass is 10.3. The van der Waals surface area contributed by atoms with Crippen LogP contribution in [0.15, 0.2) is 23.5 Å². The minimum absolute atomic E-state index is 0.637. The van der Waals surface area contributed by atoms with E-state index in [0.717, 1.165) is 34.2 Å². The van der Waals surface area contributed by atoms with Gasteiger partial charge in [0.1, 0.15) is 0 Å². The Balaban J connectivity index is 1.61. The molecule has 0 N–H and O–H groups in total. The molecule has 7 nitrogen and oxygen atoms in total. The maximum absolute atomic E-state index is 4.59. The molecule has 4 aromatic rings. The van der Waals surface area contributed by atoms with Gasteiger partial charge in [-0.25, -0.2) is 19.5 Å². The second-order valence-corrected chi connectivity index (χ2v) is 6.82. The van der Waals surface area contributed by atoms with Crippen LogP contribution in [0, 0.1) is 27.7 Å². The van der Waals surface area contributed by atoms with Gasteiger partial charge in [-0.2, -0.15) is 4.98 Å². The van der Waals surface area contributed by atoms with Crippen LogP contribution in [0.5, 0.6) is 0 Å². The maximum Gasteiger partial charge on any atom is 0.253 e. The van der Waals surface area contributed by atoms with Crippen LogP contribution in [0.1, 0.15) is 28.5 Å². The molecular formula is C16H17N7S. The van der Waals surface area contributed by atoms with E-state index in [2.05, 4.69) is 32.0 Å². The average molecular weight is 339 g/mol. The van der Waals surface area contributed by atoms with Crippen molar-refractivity contribution in [3.05, 3.63) is 46.8 Å². The van der Waals surface area contributed by atoms with Gasteiger partial charge in [0.15, 0.2) is 0 Å². The zero-order valence-electron chi connectivity index (χ0n) is 14.0. The molecule has 0 saturated heterocycles. The van der Waals surface area contributed by atoms with Gasteiger partial charge >= 0.3 is 0 Å². The molecule has 0 unspecified atom stereocenters. The number of rotatable bonds is 3. The largest absolute Gasteiger partial charge is 0.288 e. The Morgan fingerprint density at radius 2 is 1.58 bits per heavy atom. The first kappa shape index (κ1) is 15.1. The van der Waals surface area contributed by atoms with E-state index in [0.29, 0.717) is 16.7 Å². The van der Waals surface area contributed by atoms with Crippen LogP contribution < -0.4 is 0 Å². The van der Waals surface area contributed by atoms with E-state index in [1.807, 2.05) is 43.5 Å². The van der Waals surface area contributed by atoms with E-state index >= 15 is 0 Å². The van der Waals surface area contributed by atoms with E-state index in [9.17, 15) is 0 Å². The second kappa shape index (κ2) is 5.55. The van der Waals surface area contributed by atoms with Crippen molar-refractivity contribution in [1.82, 2.24) is 34.0 Å². The first-order valence-electron chi connectivity index (χ1n) is 7.65. The van der Waals surface area contributed by atoms with Gasteiger partial charge in [-0.05, 0) is 39.8 Å². The predicted molar refractivity (Wildman–Crippen MR) is 92.3 cm³/mol. The van der Waals surface area contributed by atoms with Crippen molar-refractivity contribution in [2.24, 2.45) is 0 Å². The topological polar surface area (TPSA) is 73.3 Å². The third-order valence-electron chi connectivity index (χ3n) is 3.76. The lowest BCUT2D eigenvalue weighted by Gasteiger charge is -1.98. The molecular weight excluding hydrogens is 322 g/mol. The Labute approximate surface area is 143 Å². The van der Waals surface area contributed by atoms with Crippen LogP contribution in [0.2, 0.25) is 0 Å². The lowest BCUT2D eigenvalue weighted by Crippen LogP contribution is -1.97. The summed E-state index contributed by atoms with van der Waals surface area (Å²) in [6, 6.07) is 4.04. The highest BCUT2D eigenvalue weighted by Crippen LogP contribution is 2.20. The zero-order chi connectivity index (χ0) is 16.8. The van der Waals surface area contributed by atoms with Gasteiger partial charge in [-0.15, -0.1) is 5.10 Å². The van der Waals surface area contributed by atoms with Crippen molar-refractivity contribution in [2.45, 2.75) is 38.6 Å². The molecule has 0 aliphatic carbocycles. The SMILES string of the molecule is Cc1cc(C)n2cc(CSc3nc4nc(C)cc(C)n4n3)nc2n1. The molecule has 24 heavy (non-hydrogen) atoms. The summed E-state index contributed by atoms with van der Waals surface area (Å²) in [5.74, 6) is 2.06. The third-order valence-corrected chi connectivity index (χ3v) is 4.63. The Bertz CT molecular complexity index is 977. The number of hydrogen-bond acceptors (Lipinski definition) is 6. The Hall–Kier alpha value is -2.48. The van der Waals surface area contributed by atoms with Crippen LogP contribution in [-0.4, -0.2) is 34.0 Å². The molecule has 0 atom stereocenters. The molecule has 4 aromatic heterocycles. The van der Waals surface area contributed by atoms with Gasteiger partial charge in [0.2, 0.25) is 10.9 Å². The fourth-order valence-corrected chi connectivity index (χ4v) is 3.44. The third kappa shape index (κ3) is 2.62. The first-order chi connectivity index (χ1) is 11.5. The highest BCUT2D eigenvalue weighted by molar-refractivity contribution is 7.98. The molecule has 122 valence electrons. The summed E-state index contributed by atoms with van der Waals surface area (Å²) in [5.41, 5.74) is 5.04. The second-order valence-electron chi connectivity index (χ2n) is 5.87. The van der Waals surface area contributed by atoms with Crippen LogP contribution in [0.25, 0.3) is 11.6 Å². The summed E-state index contributed by atoms with van der Waals surface area (Å²) in [6.07, 6.45) is 2.02. The van der Waals surface area contributed by atoms with Crippen molar-refractivity contribution in [3.8, 4) is 0 Å². The number of thioether (sulfide) groups is 1. The highest BCUT2D eigenvalue weighted by Gasteiger charge is 2.11. The fraction of sp³-hybridized carbons (Fsp3) is 0.312. The van der Waals surface area contributed by atoms with Crippen LogP contribution in [-0.2, 0) is 5.75 Å². The summed E-state index contributed by atoms with van der Waals surface area (Å²) in [5, 5.41) is 5.21. The Morgan fingerprint density at radius 1 is 0.875 bits per heavy atom. The molecule has 0 aromatic carbocycles. The normalized spacial score (nSPS) is 11.7. The minimum Gasteiger partial charge on any atom is -0.288 e. The van der Waals surface area contributed by atoms with Crippen molar-refractivity contribution in [1.29, 1.82) is 0 Å². The van der Waals surface area contributed by atoms with Crippen LogP contribution in [0.4, 0.5) is 0 Å². The standard InChI is InChI=1S/C16H17N7S/c1-9-5-11(3)22-7-13(19-14(22)17-9)8-24-16-20-15-18-10(2)6-12(4)23(15)21-16/h5-7H,8H2,1-4H3. The molecule has 4 heterocycles. The van der Waals surface area contributed by atoms with Gasteiger partial charge in [-0.3, -0.25) is 4.40 Å². The van der Waals surface area contributed by atoms with Crippen molar-refractivity contribution in [3.63, 3.8) is 0 Å². The fourth-order valence-electron chi connectivity index (χ4n) is 2.74. The molecule has 0 aliphatic rings.